The number of halogens is 1. The van der Waals surface area contributed by atoms with E-state index in [0.29, 0.717) is 23.1 Å². The number of oxazole rings is 1. The molecule has 0 radical (unpaired) electrons. The van der Waals surface area contributed by atoms with Crippen LogP contribution in [0.2, 0.25) is 5.02 Å². The van der Waals surface area contributed by atoms with Crippen molar-refractivity contribution in [1.82, 2.24) is 4.98 Å². The van der Waals surface area contributed by atoms with Crippen LogP contribution in [0.1, 0.15) is 82.5 Å². The van der Waals surface area contributed by atoms with Gasteiger partial charge >= 0.3 is 0 Å². The summed E-state index contributed by atoms with van der Waals surface area (Å²) in [6.07, 6.45) is 4.77. The van der Waals surface area contributed by atoms with Gasteiger partial charge < -0.3 is 9.52 Å². The Hall–Kier alpha value is -2.24. The van der Waals surface area contributed by atoms with Gasteiger partial charge in [0.2, 0.25) is 0 Å². The van der Waals surface area contributed by atoms with E-state index in [1.54, 1.807) is 11.8 Å². The fourth-order valence-corrected chi connectivity index (χ4v) is 5.35. The lowest BCUT2D eigenvalue weighted by Crippen LogP contribution is -2.18. The number of benzene rings is 2. The largest absolute Gasteiger partial charge is 0.507 e. The van der Waals surface area contributed by atoms with Crippen LogP contribution in [0.4, 0.5) is 0 Å². The summed E-state index contributed by atoms with van der Waals surface area (Å²) >= 11 is 8.24. The Bertz CT molecular complexity index is 1270. The molecule has 1 unspecified atom stereocenters. The summed E-state index contributed by atoms with van der Waals surface area (Å²) in [7, 11) is 0. The summed E-state index contributed by atoms with van der Waals surface area (Å²) in [6, 6.07) is 7.99. The zero-order valence-corrected chi connectivity index (χ0v) is 23.3. The smallest absolute Gasteiger partial charge is 0.199 e. The molecule has 1 aliphatic heterocycles. The Morgan fingerprint density at radius 2 is 1.74 bits per heavy atom. The van der Waals surface area contributed by atoms with E-state index in [1.807, 2.05) is 12.1 Å². The number of aliphatic imine (C=N–C) groups is 1. The van der Waals surface area contributed by atoms with Gasteiger partial charge in [0.25, 0.3) is 0 Å². The molecule has 0 amide bonds. The zero-order chi connectivity index (χ0) is 25.5. The van der Waals surface area contributed by atoms with E-state index < -0.39 is 0 Å². The number of hydrogen-bond donors (Lipinski definition) is 1. The van der Waals surface area contributed by atoms with E-state index in [0.717, 1.165) is 50.7 Å². The molecule has 0 fully saturated rings. The number of phenols is 1. The Balaban J connectivity index is 1.72. The Morgan fingerprint density at radius 3 is 2.31 bits per heavy atom. The van der Waals surface area contributed by atoms with Gasteiger partial charge in [0, 0.05) is 35.2 Å². The molecule has 35 heavy (non-hydrogen) atoms. The Kier molecular flexibility index (Phi) is 7.14. The standard InChI is InChI=1S/C29H35ClN2O2S/c1-17(8-9-25-31-10-11-35-25)20-15-19(30)16-23-27(20)34-24(32-23)14-18-12-21(28(2,3)4)26(33)22(13-18)29(5,6)7/h8-9,12-13,15-17,33H,10-11,14H2,1-7H3/b9-8+. The lowest BCUT2D eigenvalue weighted by atomic mass is 9.78. The molecule has 2 heterocycles. The van der Waals surface area contributed by atoms with Gasteiger partial charge in [-0.15, -0.1) is 11.8 Å². The maximum Gasteiger partial charge on any atom is 0.199 e. The van der Waals surface area contributed by atoms with Gasteiger partial charge in [-0.05, 0) is 45.7 Å². The van der Waals surface area contributed by atoms with Gasteiger partial charge in [-0.3, -0.25) is 4.99 Å². The van der Waals surface area contributed by atoms with Crippen LogP contribution in [-0.2, 0) is 17.3 Å². The second-order valence-electron chi connectivity index (χ2n) is 11.4. The lowest BCUT2D eigenvalue weighted by molar-refractivity contribution is 0.422. The number of aromatic hydroxyl groups is 1. The third-order valence-electron chi connectivity index (χ3n) is 6.30. The van der Waals surface area contributed by atoms with Crippen LogP contribution in [0.25, 0.3) is 11.1 Å². The molecule has 1 atom stereocenters. The summed E-state index contributed by atoms with van der Waals surface area (Å²) < 4.78 is 6.33. The number of allylic oxidation sites excluding steroid dienone is 1. The van der Waals surface area contributed by atoms with Gasteiger partial charge in [0.1, 0.15) is 11.3 Å². The molecule has 0 aliphatic carbocycles. The first-order valence-corrected chi connectivity index (χ1v) is 13.5. The molecule has 1 aromatic heterocycles. The molecule has 0 bridgehead atoms. The van der Waals surface area contributed by atoms with Crippen molar-refractivity contribution < 1.29 is 9.52 Å². The first-order valence-electron chi connectivity index (χ1n) is 12.1. The molecule has 4 nitrogen and oxygen atoms in total. The third-order valence-corrected chi connectivity index (χ3v) is 7.46. The van der Waals surface area contributed by atoms with Crippen molar-refractivity contribution in [3.05, 3.63) is 69.6 Å². The molecular weight excluding hydrogens is 476 g/mol. The zero-order valence-electron chi connectivity index (χ0n) is 21.7. The molecular formula is C29H35ClN2O2S. The number of aromatic nitrogens is 1. The highest BCUT2D eigenvalue weighted by Gasteiger charge is 2.27. The molecule has 0 saturated carbocycles. The van der Waals surface area contributed by atoms with Gasteiger partial charge in [0.05, 0.1) is 5.04 Å². The van der Waals surface area contributed by atoms with Gasteiger partial charge in [-0.25, -0.2) is 4.98 Å². The van der Waals surface area contributed by atoms with E-state index in [-0.39, 0.29) is 16.7 Å². The summed E-state index contributed by atoms with van der Waals surface area (Å²) in [5.74, 6) is 2.17. The number of hydrogen-bond acceptors (Lipinski definition) is 5. The molecule has 6 heteroatoms. The second kappa shape index (κ2) is 9.67. The monoisotopic (exact) mass is 510 g/mol. The molecule has 1 aliphatic rings. The number of nitrogens with zero attached hydrogens (tertiary/aromatic N) is 2. The van der Waals surface area contributed by atoms with Crippen LogP contribution in [-0.4, -0.2) is 27.4 Å². The minimum absolute atomic E-state index is 0.106. The van der Waals surface area contributed by atoms with Crippen molar-refractivity contribution in [1.29, 1.82) is 0 Å². The molecule has 4 rings (SSSR count). The predicted octanol–water partition coefficient (Wildman–Crippen LogP) is 8.18. The quantitative estimate of drug-likeness (QED) is 0.376. The van der Waals surface area contributed by atoms with Crippen LogP contribution in [0.5, 0.6) is 5.75 Å². The maximum absolute atomic E-state index is 11.1. The van der Waals surface area contributed by atoms with Crippen molar-refractivity contribution in [2.24, 2.45) is 4.99 Å². The highest BCUT2D eigenvalue weighted by molar-refractivity contribution is 8.14. The minimum atomic E-state index is -0.189. The van der Waals surface area contributed by atoms with Crippen molar-refractivity contribution in [2.75, 3.05) is 12.3 Å². The van der Waals surface area contributed by atoms with Crippen LogP contribution >= 0.6 is 23.4 Å². The Labute approximate surface area is 217 Å². The van der Waals surface area contributed by atoms with E-state index >= 15 is 0 Å². The molecule has 0 saturated heterocycles. The lowest BCUT2D eigenvalue weighted by Gasteiger charge is -2.28. The van der Waals surface area contributed by atoms with E-state index in [2.05, 4.69) is 77.7 Å². The second-order valence-corrected chi connectivity index (χ2v) is 12.9. The highest BCUT2D eigenvalue weighted by Crippen LogP contribution is 2.40. The Morgan fingerprint density at radius 1 is 1.09 bits per heavy atom. The molecule has 3 aromatic rings. The summed E-state index contributed by atoms with van der Waals surface area (Å²) in [5.41, 5.74) is 5.12. The van der Waals surface area contributed by atoms with Crippen LogP contribution in [0, 0.1) is 0 Å². The van der Waals surface area contributed by atoms with E-state index in [1.165, 1.54) is 0 Å². The third kappa shape index (κ3) is 5.78. The number of phenolic OH excluding ortho intramolecular Hbond substituents is 1. The van der Waals surface area contributed by atoms with Crippen LogP contribution in [0.15, 0.2) is 45.8 Å². The molecule has 2 aromatic carbocycles. The highest BCUT2D eigenvalue weighted by atomic mass is 35.5. The van der Waals surface area contributed by atoms with Crippen molar-refractivity contribution in [2.45, 2.75) is 71.6 Å². The average molecular weight is 511 g/mol. The van der Waals surface area contributed by atoms with Gasteiger partial charge in [-0.1, -0.05) is 78.3 Å². The van der Waals surface area contributed by atoms with Crippen LogP contribution in [0.3, 0.4) is 0 Å². The van der Waals surface area contributed by atoms with Crippen molar-refractivity contribution in [3.8, 4) is 5.75 Å². The average Bonchev–Trinajstić information content (AvgIpc) is 3.40. The summed E-state index contributed by atoms with van der Waals surface area (Å²) in [6.45, 7) is 15.7. The normalized spacial score (nSPS) is 15.8. The van der Waals surface area contributed by atoms with Crippen molar-refractivity contribution in [3.63, 3.8) is 0 Å². The van der Waals surface area contributed by atoms with E-state index in [9.17, 15) is 5.11 Å². The first-order chi connectivity index (χ1) is 16.3. The maximum atomic E-state index is 11.1. The molecule has 186 valence electrons. The fourth-order valence-electron chi connectivity index (χ4n) is 4.38. The molecule has 0 spiro atoms. The SMILES string of the molecule is CC(/C=C/C1=NCCS1)c1cc(Cl)cc2nc(Cc3cc(C(C)(C)C)c(O)c(C(C)(C)C)c3)oc12. The topological polar surface area (TPSA) is 58.6 Å². The number of fused-ring (bicyclic) bond motifs is 1. The minimum Gasteiger partial charge on any atom is -0.507 e. The predicted molar refractivity (Wildman–Crippen MR) is 150 cm³/mol. The van der Waals surface area contributed by atoms with Crippen LogP contribution < -0.4 is 0 Å². The van der Waals surface area contributed by atoms with Crippen molar-refractivity contribution >= 4 is 39.5 Å². The fraction of sp³-hybridized carbons (Fsp3) is 0.448. The number of thioether (sulfide) groups is 1. The molecule has 1 N–H and O–H groups in total. The summed E-state index contributed by atoms with van der Waals surface area (Å²) in [4.78, 5) is 9.29. The van der Waals surface area contributed by atoms with E-state index in [4.69, 9.17) is 21.0 Å². The van der Waals surface area contributed by atoms with Gasteiger partial charge in [0.15, 0.2) is 11.5 Å². The first kappa shape index (κ1) is 25.8. The van der Waals surface area contributed by atoms with Gasteiger partial charge in [-0.2, -0.15) is 0 Å². The summed E-state index contributed by atoms with van der Waals surface area (Å²) in [5, 5.41) is 12.8. The number of rotatable bonds is 5.